The first kappa shape index (κ1) is 23.9. The first-order valence-electron chi connectivity index (χ1n) is 9.66. The number of hydrogen-bond donors (Lipinski definition) is 2. The van der Waals surface area contributed by atoms with Gasteiger partial charge < -0.3 is 10.6 Å². The van der Waals surface area contributed by atoms with Gasteiger partial charge in [0.15, 0.2) is 0 Å². The van der Waals surface area contributed by atoms with Crippen LogP contribution in [-0.4, -0.2) is 47.7 Å². The average Bonchev–Trinajstić information content (AvgIpc) is 2.98. The quantitative estimate of drug-likeness (QED) is 0.398. The number of likely N-dealkylation sites (N-methyl/N-ethyl adjacent to an activating group) is 1. The van der Waals surface area contributed by atoms with Crippen molar-refractivity contribution in [3.05, 3.63) is 59.3 Å². The summed E-state index contributed by atoms with van der Waals surface area (Å²) in [5.74, 6) is 4.61. The lowest BCUT2D eigenvalue weighted by molar-refractivity contribution is -0.268. The zero-order valence-electron chi connectivity index (χ0n) is 17.6. The Morgan fingerprint density at radius 3 is 2.40 bits per heavy atom. The molecule has 0 spiro atoms. The summed E-state index contributed by atoms with van der Waals surface area (Å²) in [5.41, 5.74) is 7.59. The van der Waals surface area contributed by atoms with Crippen LogP contribution in [0.2, 0.25) is 0 Å². The molecule has 1 saturated heterocycles. The lowest BCUT2D eigenvalue weighted by Gasteiger charge is -2.33. The molecule has 0 saturated carbocycles. The average molecular weight is 426 g/mol. The van der Waals surface area contributed by atoms with Crippen molar-refractivity contribution in [2.24, 2.45) is 17.5 Å². The molecule has 30 heavy (non-hydrogen) atoms. The highest BCUT2D eigenvalue weighted by molar-refractivity contribution is 5.97. The van der Waals surface area contributed by atoms with Gasteiger partial charge in [-0.3, -0.25) is 14.5 Å². The second kappa shape index (κ2) is 9.63. The molecule has 1 aliphatic rings. The first-order valence-corrected chi connectivity index (χ1v) is 9.66. The van der Waals surface area contributed by atoms with E-state index < -0.39 is 18.4 Å². The van der Waals surface area contributed by atoms with Crippen molar-refractivity contribution in [2.45, 2.75) is 45.3 Å². The van der Waals surface area contributed by atoms with Gasteiger partial charge in [-0.05, 0) is 44.3 Å². The van der Waals surface area contributed by atoms with Gasteiger partial charge in [0.2, 0.25) is 6.23 Å². The lowest BCUT2D eigenvalue weighted by atomic mass is 9.98. The molecule has 166 valence electrons. The molecule has 0 radical (unpaired) electrons. The van der Waals surface area contributed by atoms with Crippen molar-refractivity contribution in [2.75, 3.05) is 13.6 Å². The molecule has 1 aromatic rings. The third-order valence-electron chi connectivity index (χ3n) is 5.65. The summed E-state index contributed by atoms with van der Waals surface area (Å²) in [6.07, 6.45) is -4.19. The zero-order chi connectivity index (χ0) is 22.6. The van der Waals surface area contributed by atoms with E-state index in [0.717, 1.165) is 10.5 Å². The van der Waals surface area contributed by atoms with E-state index in [1.54, 1.807) is 17.9 Å². The van der Waals surface area contributed by atoms with Crippen LogP contribution in [0, 0.1) is 5.92 Å². The van der Waals surface area contributed by atoms with Crippen molar-refractivity contribution >= 4 is 5.91 Å². The van der Waals surface area contributed by atoms with Gasteiger partial charge in [-0.1, -0.05) is 37.3 Å². The molecule has 9 heteroatoms. The number of carbonyl (C=O) groups excluding carboxylic acids is 1. The van der Waals surface area contributed by atoms with Crippen molar-refractivity contribution in [3.8, 4) is 0 Å². The number of nitrogens with zero attached hydrogens (tertiary/aromatic N) is 2. The first-order chi connectivity index (χ1) is 14.0. The molecular formula is C21H29F3N4O2. The van der Waals surface area contributed by atoms with Crippen LogP contribution in [0.15, 0.2) is 53.8 Å². The van der Waals surface area contributed by atoms with Crippen LogP contribution in [0.4, 0.5) is 13.2 Å². The van der Waals surface area contributed by atoms with Crippen LogP contribution in [0.1, 0.15) is 32.4 Å². The molecule has 1 heterocycles. The predicted octanol–water partition coefficient (Wildman–Crippen LogP) is 3.09. The summed E-state index contributed by atoms with van der Waals surface area (Å²) in [6, 6.07) is 8.72. The van der Waals surface area contributed by atoms with Crippen LogP contribution < -0.4 is 11.6 Å². The van der Waals surface area contributed by atoms with E-state index >= 15 is 0 Å². The minimum absolute atomic E-state index is 0.0970. The van der Waals surface area contributed by atoms with E-state index in [-0.39, 0.29) is 17.9 Å². The Morgan fingerprint density at radius 2 is 1.90 bits per heavy atom. The molecule has 0 aromatic heterocycles. The monoisotopic (exact) mass is 426 g/mol. The van der Waals surface area contributed by atoms with Gasteiger partial charge in [0, 0.05) is 24.1 Å². The van der Waals surface area contributed by atoms with E-state index in [9.17, 15) is 18.0 Å². The van der Waals surface area contributed by atoms with Gasteiger partial charge in [0.25, 0.3) is 5.91 Å². The number of likely N-dealkylation sites (tertiary alicyclic amines) is 1. The number of nitrogens with two attached hydrogens (primary N) is 2. The maximum absolute atomic E-state index is 13.2. The summed E-state index contributed by atoms with van der Waals surface area (Å²) in [4.78, 5) is 19.9. The highest BCUT2D eigenvalue weighted by atomic mass is 19.4. The topological polar surface area (TPSA) is 84.8 Å². The number of carbonyl (C=O) groups is 1. The Kier molecular flexibility index (Phi) is 7.68. The Morgan fingerprint density at radius 1 is 1.30 bits per heavy atom. The van der Waals surface area contributed by atoms with Crippen LogP contribution in [0.3, 0.4) is 0 Å². The molecule has 1 aromatic carbocycles. The van der Waals surface area contributed by atoms with Crippen molar-refractivity contribution in [3.63, 3.8) is 0 Å². The van der Waals surface area contributed by atoms with E-state index in [2.05, 4.69) is 4.84 Å². The number of halogens is 3. The second-order valence-electron chi connectivity index (χ2n) is 7.58. The van der Waals surface area contributed by atoms with E-state index in [1.165, 1.54) is 13.2 Å². The number of amides is 1. The molecule has 1 amide bonds. The van der Waals surface area contributed by atoms with Gasteiger partial charge in [-0.15, -0.1) is 0 Å². The van der Waals surface area contributed by atoms with Crippen LogP contribution >= 0.6 is 0 Å². The van der Waals surface area contributed by atoms with Crippen LogP contribution in [-0.2, 0) is 9.63 Å². The largest absolute Gasteiger partial charge is 0.430 e. The lowest BCUT2D eigenvalue weighted by Crippen LogP contribution is -2.51. The van der Waals surface area contributed by atoms with E-state index in [0.29, 0.717) is 17.7 Å². The highest BCUT2D eigenvalue weighted by Crippen LogP contribution is 2.33. The standard InChI is InChI=1S/C21H29F3N4O2/c1-13-12-28(15(3)16-8-6-5-7-9-16)19(29)18(13)10-17(11-25)14(2)27(4)20(30-26)21(22,23)24/h5-11,13-15,20H,12,25-26H2,1-4H3/b17-11+,18-10+/t13?,14?,15-,20?/m1/s1. The zero-order valence-corrected chi connectivity index (χ0v) is 17.6. The van der Waals surface area contributed by atoms with Crippen molar-refractivity contribution in [1.82, 2.24) is 9.80 Å². The molecule has 1 fully saturated rings. The summed E-state index contributed by atoms with van der Waals surface area (Å²) in [5, 5.41) is 0. The number of benzene rings is 1. The van der Waals surface area contributed by atoms with Gasteiger partial charge in [-0.2, -0.15) is 13.2 Å². The van der Waals surface area contributed by atoms with Crippen molar-refractivity contribution < 1.29 is 22.8 Å². The third kappa shape index (κ3) is 5.03. The van der Waals surface area contributed by atoms with Gasteiger partial charge in [0.1, 0.15) is 0 Å². The van der Waals surface area contributed by atoms with E-state index in [4.69, 9.17) is 11.6 Å². The smallest absolute Gasteiger partial charge is 0.404 e. The normalized spacial score (nSPS) is 22.6. The maximum Gasteiger partial charge on any atom is 0.430 e. The van der Waals surface area contributed by atoms with E-state index in [1.807, 2.05) is 44.2 Å². The Labute approximate surface area is 174 Å². The molecule has 4 atom stereocenters. The Hall–Kier alpha value is -2.36. The maximum atomic E-state index is 13.2. The van der Waals surface area contributed by atoms with Crippen molar-refractivity contribution in [1.29, 1.82) is 0 Å². The predicted molar refractivity (Wildman–Crippen MR) is 108 cm³/mol. The van der Waals surface area contributed by atoms with Crippen LogP contribution in [0.5, 0.6) is 0 Å². The Balaban J connectivity index is 2.26. The second-order valence-corrected chi connectivity index (χ2v) is 7.58. The molecule has 2 rings (SSSR count). The molecule has 3 unspecified atom stereocenters. The minimum atomic E-state index is -4.68. The number of rotatable bonds is 7. The summed E-state index contributed by atoms with van der Waals surface area (Å²) in [7, 11) is 1.24. The fraction of sp³-hybridized carbons (Fsp3) is 0.476. The molecule has 6 nitrogen and oxygen atoms in total. The number of hydrogen-bond acceptors (Lipinski definition) is 5. The molecular weight excluding hydrogens is 397 g/mol. The minimum Gasteiger partial charge on any atom is -0.404 e. The summed E-state index contributed by atoms with van der Waals surface area (Å²) >= 11 is 0. The molecule has 4 N–H and O–H groups in total. The SMILES string of the molecule is CC1CN([C@H](C)c2ccccc2)C(=O)/C1=C/C(=C\N)C(C)N(C)C(ON)C(F)(F)F. The van der Waals surface area contributed by atoms with Gasteiger partial charge >= 0.3 is 6.18 Å². The molecule has 0 bridgehead atoms. The summed E-state index contributed by atoms with van der Waals surface area (Å²) < 4.78 is 39.5. The summed E-state index contributed by atoms with van der Waals surface area (Å²) in [6.45, 7) is 5.92. The molecule has 0 aliphatic carbocycles. The fourth-order valence-corrected chi connectivity index (χ4v) is 3.63. The third-order valence-corrected chi connectivity index (χ3v) is 5.65. The van der Waals surface area contributed by atoms with Crippen LogP contribution in [0.25, 0.3) is 0 Å². The van der Waals surface area contributed by atoms with Gasteiger partial charge in [-0.25, -0.2) is 5.90 Å². The fourth-order valence-electron chi connectivity index (χ4n) is 3.63. The number of alkyl halides is 3. The van der Waals surface area contributed by atoms with Gasteiger partial charge in [0.05, 0.1) is 6.04 Å². The Bertz CT molecular complexity index is 795. The molecule has 1 aliphatic heterocycles. The highest BCUT2D eigenvalue weighted by Gasteiger charge is 2.45.